The molecule has 0 bridgehead atoms. The van der Waals surface area contributed by atoms with Crippen molar-refractivity contribution >= 4 is 11.6 Å². The highest BCUT2D eigenvalue weighted by atomic mass is 19.1. The quantitative estimate of drug-likeness (QED) is 0.775. The number of hydrogen-bond donors (Lipinski definition) is 1. The first-order chi connectivity index (χ1) is 12.1. The van der Waals surface area contributed by atoms with Crippen LogP contribution >= 0.6 is 0 Å². The van der Waals surface area contributed by atoms with Gasteiger partial charge in [-0.15, -0.1) is 0 Å². The number of anilines is 1. The van der Waals surface area contributed by atoms with Gasteiger partial charge in [-0.3, -0.25) is 14.6 Å². The predicted octanol–water partition coefficient (Wildman–Crippen LogP) is 2.34. The second-order valence-electron chi connectivity index (χ2n) is 5.37. The highest BCUT2D eigenvalue weighted by Crippen LogP contribution is 2.08. The number of benzene rings is 1. The second kappa shape index (κ2) is 7.48. The average Bonchev–Trinajstić information content (AvgIpc) is 2.62. The van der Waals surface area contributed by atoms with Gasteiger partial charge in [-0.25, -0.2) is 4.39 Å². The summed E-state index contributed by atoms with van der Waals surface area (Å²) in [5.41, 5.74) is 1.43. The van der Waals surface area contributed by atoms with E-state index in [1.165, 1.54) is 29.1 Å². The first-order valence-electron chi connectivity index (χ1n) is 7.66. The molecular formula is C18H15FN4O2. The van der Waals surface area contributed by atoms with Crippen LogP contribution in [0.15, 0.2) is 65.8 Å². The molecule has 0 fully saturated rings. The van der Waals surface area contributed by atoms with Gasteiger partial charge in [0, 0.05) is 24.9 Å². The van der Waals surface area contributed by atoms with E-state index >= 15 is 0 Å². The van der Waals surface area contributed by atoms with E-state index in [0.717, 1.165) is 5.56 Å². The molecule has 25 heavy (non-hydrogen) atoms. The van der Waals surface area contributed by atoms with Crippen LogP contribution < -0.4 is 10.9 Å². The third-order valence-corrected chi connectivity index (χ3v) is 3.55. The van der Waals surface area contributed by atoms with Crippen molar-refractivity contribution in [2.45, 2.75) is 12.8 Å². The zero-order valence-corrected chi connectivity index (χ0v) is 13.2. The van der Waals surface area contributed by atoms with Crippen molar-refractivity contribution in [2.24, 2.45) is 0 Å². The summed E-state index contributed by atoms with van der Waals surface area (Å²) in [7, 11) is 0. The normalized spacial score (nSPS) is 10.4. The van der Waals surface area contributed by atoms with Crippen molar-refractivity contribution in [3.8, 4) is 5.69 Å². The molecule has 0 aliphatic heterocycles. The maximum absolute atomic E-state index is 12.8. The first-order valence-corrected chi connectivity index (χ1v) is 7.66. The molecule has 1 N–H and O–H groups in total. The fourth-order valence-electron chi connectivity index (χ4n) is 2.29. The van der Waals surface area contributed by atoms with E-state index in [1.54, 1.807) is 36.7 Å². The molecule has 0 atom stereocenters. The Kier molecular flexibility index (Phi) is 4.94. The van der Waals surface area contributed by atoms with Crippen molar-refractivity contribution in [1.29, 1.82) is 0 Å². The molecule has 0 aliphatic carbocycles. The van der Waals surface area contributed by atoms with Gasteiger partial charge in [0.2, 0.25) is 5.91 Å². The molecule has 0 spiro atoms. The third-order valence-electron chi connectivity index (χ3n) is 3.55. The van der Waals surface area contributed by atoms with E-state index in [1.807, 2.05) is 0 Å². The number of aromatic nitrogens is 3. The van der Waals surface area contributed by atoms with Crippen LogP contribution in [0.25, 0.3) is 5.69 Å². The van der Waals surface area contributed by atoms with Crippen LogP contribution in [0.4, 0.5) is 10.1 Å². The molecule has 7 heteroatoms. The Labute approximate surface area is 143 Å². The molecule has 3 aromatic rings. The van der Waals surface area contributed by atoms with Crippen LogP contribution in [-0.2, 0) is 11.2 Å². The van der Waals surface area contributed by atoms with Crippen molar-refractivity contribution in [2.75, 3.05) is 5.32 Å². The zero-order valence-electron chi connectivity index (χ0n) is 13.2. The van der Waals surface area contributed by atoms with E-state index in [-0.39, 0.29) is 23.7 Å². The largest absolute Gasteiger partial charge is 0.325 e. The number of amides is 1. The summed E-state index contributed by atoms with van der Waals surface area (Å²) in [4.78, 5) is 28.0. The van der Waals surface area contributed by atoms with Crippen LogP contribution in [-0.4, -0.2) is 20.7 Å². The van der Waals surface area contributed by atoms with Crippen LogP contribution in [0.1, 0.15) is 12.0 Å². The molecule has 0 aliphatic rings. The Bertz CT molecular complexity index is 924. The summed E-state index contributed by atoms with van der Waals surface area (Å²) in [5, 5.41) is 6.69. The summed E-state index contributed by atoms with van der Waals surface area (Å²) in [6.45, 7) is 0. The van der Waals surface area contributed by atoms with Gasteiger partial charge >= 0.3 is 0 Å². The van der Waals surface area contributed by atoms with Gasteiger partial charge in [0.25, 0.3) is 5.56 Å². The number of halogens is 1. The lowest BCUT2D eigenvalue weighted by atomic mass is 10.1. The molecule has 2 heterocycles. The maximum Gasteiger partial charge on any atom is 0.273 e. The minimum Gasteiger partial charge on any atom is -0.325 e. The number of nitrogens with zero attached hydrogens (tertiary/aromatic N) is 3. The smallest absolute Gasteiger partial charge is 0.273 e. The number of pyridine rings is 1. The van der Waals surface area contributed by atoms with Crippen LogP contribution in [0, 0.1) is 5.82 Å². The summed E-state index contributed by atoms with van der Waals surface area (Å²) in [6.07, 6.45) is 5.24. The van der Waals surface area contributed by atoms with E-state index in [9.17, 15) is 14.0 Å². The van der Waals surface area contributed by atoms with Crippen molar-refractivity contribution in [3.05, 3.63) is 82.8 Å². The lowest BCUT2D eigenvalue weighted by Crippen LogP contribution is -2.22. The number of nitrogens with one attached hydrogen (secondary N) is 1. The lowest BCUT2D eigenvalue weighted by Gasteiger charge is -2.07. The van der Waals surface area contributed by atoms with E-state index in [2.05, 4.69) is 15.4 Å². The Morgan fingerprint density at radius 3 is 2.52 bits per heavy atom. The molecule has 0 unspecified atom stereocenters. The molecule has 6 nitrogen and oxygen atoms in total. The average molecular weight is 338 g/mol. The third kappa shape index (κ3) is 4.35. The highest BCUT2D eigenvalue weighted by Gasteiger charge is 2.07. The fraction of sp³-hybridized carbons (Fsp3) is 0.111. The van der Waals surface area contributed by atoms with Crippen LogP contribution in [0.3, 0.4) is 0 Å². The molecule has 0 radical (unpaired) electrons. The van der Waals surface area contributed by atoms with Gasteiger partial charge in [0.05, 0.1) is 17.6 Å². The summed E-state index contributed by atoms with van der Waals surface area (Å²) >= 11 is 0. The van der Waals surface area contributed by atoms with Gasteiger partial charge in [-0.05, 0) is 36.2 Å². The van der Waals surface area contributed by atoms with Gasteiger partial charge < -0.3 is 5.32 Å². The molecule has 1 aromatic carbocycles. The number of aryl methyl sites for hydroxylation is 1. The van der Waals surface area contributed by atoms with Crippen molar-refractivity contribution in [1.82, 2.24) is 14.8 Å². The number of carbonyl (C=O) groups is 1. The van der Waals surface area contributed by atoms with Gasteiger partial charge in [0.1, 0.15) is 5.82 Å². The molecular weight excluding hydrogens is 323 g/mol. The highest BCUT2D eigenvalue weighted by molar-refractivity contribution is 5.90. The van der Waals surface area contributed by atoms with E-state index in [0.29, 0.717) is 17.8 Å². The van der Waals surface area contributed by atoms with Crippen LogP contribution in [0.2, 0.25) is 0 Å². The minimum atomic E-state index is -0.359. The number of carbonyl (C=O) groups excluding carboxylic acids is 1. The number of rotatable bonds is 5. The van der Waals surface area contributed by atoms with Gasteiger partial charge in [0.15, 0.2) is 0 Å². The van der Waals surface area contributed by atoms with Crippen molar-refractivity contribution in [3.63, 3.8) is 0 Å². The SMILES string of the molecule is O=C(CCc1ccc(F)cc1)Nc1cnn(-c2ccncc2)c(=O)c1. The topological polar surface area (TPSA) is 76.9 Å². The summed E-state index contributed by atoms with van der Waals surface area (Å²) < 4.78 is 14.1. The Morgan fingerprint density at radius 2 is 1.84 bits per heavy atom. The Hall–Kier alpha value is -3.35. The molecule has 126 valence electrons. The minimum absolute atomic E-state index is 0.221. The summed E-state index contributed by atoms with van der Waals surface area (Å²) in [5.74, 6) is -0.554. The fourth-order valence-corrected chi connectivity index (χ4v) is 2.29. The second-order valence-corrected chi connectivity index (χ2v) is 5.37. The molecule has 0 saturated carbocycles. The molecule has 1 amide bonds. The molecule has 0 saturated heterocycles. The first kappa shape index (κ1) is 16.5. The zero-order chi connectivity index (χ0) is 17.6. The van der Waals surface area contributed by atoms with Crippen molar-refractivity contribution < 1.29 is 9.18 Å². The standard InChI is InChI=1S/C18H15FN4O2/c19-14-4-1-13(2-5-14)3-6-17(24)22-15-11-18(25)23(21-12-15)16-7-9-20-10-8-16/h1-2,4-5,7-12H,3,6H2,(H,22,24). The maximum atomic E-state index is 12.8. The Morgan fingerprint density at radius 1 is 1.12 bits per heavy atom. The lowest BCUT2D eigenvalue weighted by molar-refractivity contribution is -0.116. The molecule has 3 rings (SSSR count). The predicted molar refractivity (Wildman–Crippen MR) is 91.0 cm³/mol. The molecule has 2 aromatic heterocycles. The van der Waals surface area contributed by atoms with Gasteiger partial charge in [-0.2, -0.15) is 9.78 Å². The van der Waals surface area contributed by atoms with E-state index in [4.69, 9.17) is 0 Å². The van der Waals surface area contributed by atoms with Gasteiger partial charge in [-0.1, -0.05) is 12.1 Å². The summed E-state index contributed by atoms with van der Waals surface area (Å²) in [6, 6.07) is 10.6. The Balaban J connectivity index is 1.63. The monoisotopic (exact) mass is 338 g/mol. The van der Waals surface area contributed by atoms with Crippen LogP contribution in [0.5, 0.6) is 0 Å². The van der Waals surface area contributed by atoms with E-state index < -0.39 is 0 Å². The number of hydrogen-bond acceptors (Lipinski definition) is 4.